The number of nitrogens with zero attached hydrogens (tertiary/aromatic N) is 2. The van der Waals surface area contributed by atoms with Crippen molar-refractivity contribution in [1.29, 1.82) is 5.26 Å². The minimum atomic E-state index is -0.335. The first kappa shape index (κ1) is 18.6. The van der Waals surface area contributed by atoms with E-state index in [1.807, 2.05) is 26.8 Å². The summed E-state index contributed by atoms with van der Waals surface area (Å²) in [6, 6.07) is 6.29. The van der Waals surface area contributed by atoms with Gasteiger partial charge in [-0.1, -0.05) is 0 Å². The molecule has 0 spiro atoms. The summed E-state index contributed by atoms with van der Waals surface area (Å²) >= 11 is 0. The molecule has 0 heterocycles. The van der Waals surface area contributed by atoms with E-state index in [1.165, 1.54) is 18.2 Å². The van der Waals surface area contributed by atoms with Crippen molar-refractivity contribution in [3.05, 3.63) is 35.1 Å². The van der Waals surface area contributed by atoms with Crippen LogP contribution in [0.25, 0.3) is 0 Å². The van der Waals surface area contributed by atoms with E-state index in [0.717, 1.165) is 0 Å². The Morgan fingerprint density at radius 2 is 2.05 bits per heavy atom. The van der Waals surface area contributed by atoms with E-state index < -0.39 is 0 Å². The lowest BCUT2D eigenvalue weighted by molar-refractivity contribution is 0.500. The van der Waals surface area contributed by atoms with E-state index in [4.69, 9.17) is 5.26 Å². The third kappa shape index (κ3) is 6.19. The molecule has 1 aromatic carbocycles. The van der Waals surface area contributed by atoms with Crippen molar-refractivity contribution in [3.63, 3.8) is 0 Å². The number of rotatable bonds is 2. The Bertz CT molecular complexity index is 515. The number of halogens is 2. The van der Waals surface area contributed by atoms with Gasteiger partial charge in [0.1, 0.15) is 5.82 Å². The number of hydrogen-bond donors (Lipinski definition) is 2. The lowest BCUT2D eigenvalue weighted by Gasteiger charge is -2.23. The average molecular weight is 390 g/mol. The summed E-state index contributed by atoms with van der Waals surface area (Å²) in [4.78, 5) is 4.07. The Morgan fingerprint density at radius 1 is 1.40 bits per heavy atom. The molecule has 20 heavy (non-hydrogen) atoms. The number of benzene rings is 1. The largest absolute Gasteiger partial charge is 0.352 e. The van der Waals surface area contributed by atoms with E-state index in [0.29, 0.717) is 17.1 Å². The second-order valence-electron chi connectivity index (χ2n) is 5.22. The third-order valence-corrected chi connectivity index (χ3v) is 2.34. The van der Waals surface area contributed by atoms with Gasteiger partial charge in [0.05, 0.1) is 11.6 Å². The number of nitrogens with one attached hydrogen (secondary N) is 2. The molecular weight excluding hydrogens is 370 g/mol. The van der Waals surface area contributed by atoms with Gasteiger partial charge in [-0.15, -0.1) is 24.0 Å². The van der Waals surface area contributed by atoms with Crippen LogP contribution in [-0.4, -0.2) is 18.5 Å². The summed E-state index contributed by atoms with van der Waals surface area (Å²) in [6.07, 6.45) is 0. The van der Waals surface area contributed by atoms with Crippen molar-refractivity contribution in [2.45, 2.75) is 32.9 Å². The molecule has 0 fully saturated rings. The molecule has 0 aliphatic rings. The van der Waals surface area contributed by atoms with Gasteiger partial charge in [-0.2, -0.15) is 5.26 Å². The molecule has 0 aliphatic heterocycles. The lowest BCUT2D eigenvalue weighted by atomic mass is 10.1. The van der Waals surface area contributed by atoms with Gasteiger partial charge in [0.15, 0.2) is 5.96 Å². The summed E-state index contributed by atoms with van der Waals surface area (Å²) in [5.74, 6) is 0.256. The molecule has 0 aromatic heterocycles. The van der Waals surface area contributed by atoms with Crippen LogP contribution in [0.5, 0.6) is 0 Å². The van der Waals surface area contributed by atoms with Gasteiger partial charge in [0.2, 0.25) is 0 Å². The van der Waals surface area contributed by atoms with Crippen LogP contribution in [0.3, 0.4) is 0 Å². The average Bonchev–Trinajstić information content (AvgIpc) is 2.34. The summed E-state index contributed by atoms with van der Waals surface area (Å²) in [5.41, 5.74) is 0.752. The fourth-order valence-corrected chi connectivity index (χ4v) is 1.49. The number of hydrogen-bond acceptors (Lipinski definition) is 2. The molecule has 6 heteroatoms. The van der Waals surface area contributed by atoms with E-state index in [2.05, 4.69) is 15.6 Å². The predicted octanol–water partition coefficient (Wildman–Crippen LogP) is 2.78. The zero-order valence-corrected chi connectivity index (χ0v) is 14.5. The first-order valence-corrected chi connectivity index (χ1v) is 6.03. The second kappa shape index (κ2) is 8.04. The highest BCUT2D eigenvalue weighted by atomic mass is 127. The normalized spacial score (nSPS) is 11.3. The fraction of sp³-hybridized carbons (Fsp3) is 0.429. The van der Waals surface area contributed by atoms with Crippen molar-refractivity contribution in [2.75, 3.05) is 7.05 Å². The SMILES string of the molecule is CN=C(NCc1cc(C#N)ccc1F)NC(C)(C)C.I. The first-order valence-electron chi connectivity index (χ1n) is 6.03. The van der Waals surface area contributed by atoms with Crippen molar-refractivity contribution < 1.29 is 4.39 Å². The van der Waals surface area contributed by atoms with E-state index in [9.17, 15) is 4.39 Å². The van der Waals surface area contributed by atoms with Gasteiger partial charge < -0.3 is 10.6 Å². The van der Waals surface area contributed by atoms with Crippen LogP contribution >= 0.6 is 24.0 Å². The Hall–Kier alpha value is -1.36. The zero-order chi connectivity index (χ0) is 14.5. The van der Waals surface area contributed by atoms with Crippen LogP contribution < -0.4 is 10.6 Å². The maximum Gasteiger partial charge on any atom is 0.191 e. The molecule has 0 atom stereocenters. The van der Waals surface area contributed by atoms with Gasteiger partial charge >= 0.3 is 0 Å². The fourth-order valence-electron chi connectivity index (χ4n) is 1.49. The zero-order valence-electron chi connectivity index (χ0n) is 12.1. The number of guanidine groups is 1. The molecule has 110 valence electrons. The molecule has 0 saturated heterocycles. The van der Waals surface area contributed by atoms with Crippen LogP contribution in [-0.2, 0) is 6.54 Å². The molecule has 2 N–H and O–H groups in total. The Balaban J connectivity index is 0.00000361. The summed E-state index contributed by atoms with van der Waals surface area (Å²) in [7, 11) is 1.66. The van der Waals surface area contributed by atoms with Gasteiger partial charge in [0, 0.05) is 24.7 Å². The minimum absolute atomic E-state index is 0. The molecule has 4 nitrogen and oxygen atoms in total. The molecule has 0 aliphatic carbocycles. The summed E-state index contributed by atoms with van der Waals surface area (Å²) in [6.45, 7) is 6.31. The van der Waals surface area contributed by atoms with Crippen LogP contribution in [0.1, 0.15) is 31.9 Å². The molecule has 0 bridgehead atoms. The van der Waals surface area contributed by atoms with Crippen molar-refractivity contribution in [2.24, 2.45) is 4.99 Å². The smallest absolute Gasteiger partial charge is 0.191 e. The Kier molecular flexibility index (Phi) is 7.50. The Labute approximate surface area is 136 Å². The van der Waals surface area contributed by atoms with Gasteiger partial charge in [-0.25, -0.2) is 4.39 Å². The van der Waals surface area contributed by atoms with Gasteiger partial charge in [-0.3, -0.25) is 4.99 Å². The number of aliphatic imine (C=N–C) groups is 1. The topological polar surface area (TPSA) is 60.2 Å². The maximum absolute atomic E-state index is 13.6. The standard InChI is InChI=1S/C14H19FN4.HI/c1-14(2,3)19-13(17-4)18-9-11-7-10(8-16)5-6-12(11)15;/h5-7H,9H2,1-4H3,(H2,17,18,19);1H. The molecular formula is C14H20FIN4. The molecule has 0 amide bonds. The summed E-state index contributed by atoms with van der Waals surface area (Å²) in [5, 5.41) is 15.0. The van der Waals surface area contributed by atoms with Crippen molar-refractivity contribution in [1.82, 2.24) is 10.6 Å². The van der Waals surface area contributed by atoms with E-state index in [-0.39, 0.29) is 41.9 Å². The molecule has 1 rings (SSSR count). The lowest BCUT2D eigenvalue weighted by Crippen LogP contribution is -2.47. The maximum atomic E-state index is 13.6. The second-order valence-corrected chi connectivity index (χ2v) is 5.22. The van der Waals surface area contributed by atoms with Gasteiger partial charge in [-0.05, 0) is 39.0 Å². The highest BCUT2D eigenvalue weighted by molar-refractivity contribution is 14.0. The molecule has 0 radical (unpaired) electrons. The quantitative estimate of drug-likeness (QED) is 0.464. The minimum Gasteiger partial charge on any atom is -0.352 e. The predicted molar refractivity (Wildman–Crippen MR) is 89.6 cm³/mol. The van der Waals surface area contributed by atoms with Crippen molar-refractivity contribution >= 4 is 29.9 Å². The molecule has 0 saturated carbocycles. The first-order chi connectivity index (χ1) is 8.85. The molecule has 0 unspecified atom stereocenters. The number of nitriles is 1. The highest BCUT2D eigenvalue weighted by Crippen LogP contribution is 2.09. The van der Waals surface area contributed by atoms with Gasteiger partial charge in [0.25, 0.3) is 0 Å². The van der Waals surface area contributed by atoms with E-state index in [1.54, 1.807) is 7.05 Å². The highest BCUT2D eigenvalue weighted by Gasteiger charge is 2.12. The van der Waals surface area contributed by atoms with Crippen LogP contribution in [0.15, 0.2) is 23.2 Å². The van der Waals surface area contributed by atoms with E-state index >= 15 is 0 Å². The van der Waals surface area contributed by atoms with Crippen molar-refractivity contribution in [3.8, 4) is 6.07 Å². The monoisotopic (exact) mass is 390 g/mol. The molecule has 1 aromatic rings. The van der Waals surface area contributed by atoms with Crippen LogP contribution in [0.4, 0.5) is 4.39 Å². The summed E-state index contributed by atoms with van der Waals surface area (Å²) < 4.78 is 13.6. The Morgan fingerprint density at radius 3 is 2.55 bits per heavy atom. The van der Waals surface area contributed by atoms with Crippen LogP contribution in [0.2, 0.25) is 0 Å². The van der Waals surface area contributed by atoms with Crippen LogP contribution in [0, 0.1) is 17.1 Å². The third-order valence-electron chi connectivity index (χ3n) is 2.34.